The van der Waals surface area contributed by atoms with Crippen LogP contribution in [0, 0.1) is 0 Å². The number of nitrogen functional groups attached to an aromatic ring is 1. The van der Waals surface area contributed by atoms with Crippen molar-refractivity contribution >= 4 is 33.5 Å². The standard InChI is InChI=1S/C11H13BrN2O4/c12-8-2-1-6(13)5-7(8)10(16)14-4-3-9(15)11(17)18/h1-2,5,9,15H,3-4,13H2,(H,14,16)(H,17,18)/t9-/m0/s1. The van der Waals surface area contributed by atoms with Crippen molar-refractivity contribution in [2.45, 2.75) is 12.5 Å². The first kappa shape index (κ1) is 14.5. The lowest BCUT2D eigenvalue weighted by Crippen LogP contribution is -2.30. The molecule has 0 aliphatic rings. The molecule has 1 aromatic carbocycles. The second-order valence-electron chi connectivity index (χ2n) is 3.64. The van der Waals surface area contributed by atoms with Crippen LogP contribution in [0.25, 0.3) is 0 Å². The minimum atomic E-state index is -1.48. The topological polar surface area (TPSA) is 113 Å². The first-order valence-electron chi connectivity index (χ1n) is 5.16. The van der Waals surface area contributed by atoms with Crippen LogP contribution in [0.5, 0.6) is 0 Å². The molecule has 6 nitrogen and oxygen atoms in total. The smallest absolute Gasteiger partial charge is 0.332 e. The van der Waals surface area contributed by atoms with Crippen LogP contribution in [0.3, 0.4) is 0 Å². The fourth-order valence-corrected chi connectivity index (χ4v) is 1.68. The lowest BCUT2D eigenvalue weighted by Gasteiger charge is -2.09. The SMILES string of the molecule is Nc1ccc(Br)c(C(=O)NCC[C@H](O)C(=O)O)c1. The summed E-state index contributed by atoms with van der Waals surface area (Å²) in [4.78, 5) is 22.1. The molecule has 0 saturated heterocycles. The predicted molar refractivity (Wildman–Crippen MR) is 69.1 cm³/mol. The van der Waals surface area contributed by atoms with Gasteiger partial charge in [-0.15, -0.1) is 0 Å². The summed E-state index contributed by atoms with van der Waals surface area (Å²) in [5.74, 6) is -1.69. The molecule has 0 aliphatic carbocycles. The number of aliphatic hydroxyl groups is 1. The van der Waals surface area contributed by atoms with Crippen molar-refractivity contribution in [1.29, 1.82) is 0 Å². The number of carboxylic acids is 1. The van der Waals surface area contributed by atoms with E-state index >= 15 is 0 Å². The van der Waals surface area contributed by atoms with Crippen molar-refractivity contribution in [3.63, 3.8) is 0 Å². The van der Waals surface area contributed by atoms with Crippen molar-refractivity contribution in [2.24, 2.45) is 0 Å². The zero-order valence-corrected chi connectivity index (χ0v) is 11.0. The zero-order valence-electron chi connectivity index (χ0n) is 9.39. The van der Waals surface area contributed by atoms with Crippen LogP contribution in [0.15, 0.2) is 22.7 Å². The van der Waals surface area contributed by atoms with Gasteiger partial charge < -0.3 is 21.3 Å². The van der Waals surface area contributed by atoms with Crippen LogP contribution in [0.2, 0.25) is 0 Å². The van der Waals surface area contributed by atoms with E-state index in [0.29, 0.717) is 15.7 Å². The van der Waals surface area contributed by atoms with E-state index in [9.17, 15) is 9.59 Å². The number of hydrogen-bond donors (Lipinski definition) is 4. The summed E-state index contributed by atoms with van der Waals surface area (Å²) in [6.07, 6.45) is -1.53. The van der Waals surface area contributed by atoms with Gasteiger partial charge in [-0.05, 0) is 34.1 Å². The van der Waals surface area contributed by atoms with Crippen molar-refractivity contribution in [3.8, 4) is 0 Å². The molecule has 18 heavy (non-hydrogen) atoms. The molecule has 0 heterocycles. The second kappa shape index (κ2) is 6.36. The maximum absolute atomic E-state index is 11.7. The number of anilines is 1. The summed E-state index contributed by atoms with van der Waals surface area (Å²) < 4.78 is 0.591. The number of carbonyl (C=O) groups is 2. The Hall–Kier alpha value is -1.60. The van der Waals surface area contributed by atoms with Gasteiger partial charge >= 0.3 is 5.97 Å². The lowest BCUT2D eigenvalue weighted by molar-refractivity contribution is -0.146. The fourth-order valence-electron chi connectivity index (χ4n) is 1.26. The number of carbonyl (C=O) groups excluding carboxylic acids is 1. The molecule has 1 rings (SSSR count). The Morgan fingerprint density at radius 3 is 2.72 bits per heavy atom. The van der Waals surface area contributed by atoms with Gasteiger partial charge in [-0.1, -0.05) is 0 Å². The molecule has 0 spiro atoms. The molecule has 0 aromatic heterocycles. The molecule has 0 radical (unpaired) electrons. The van der Waals surface area contributed by atoms with Gasteiger partial charge in [0.05, 0.1) is 5.56 Å². The molecule has 0 aliphatic heterocycles. The van der Waals surface area contributed by atoms with E-state index in [0.717, 1.165) is 0 Å². The lowest BCUT2D eigenvalue weighted by atomic mass is 10.2. The molecule has 1 atom stereocenters. The highest BCUT2D eigenvalue weighted by molar-refractivity contribution is 9.10. The summed E-state index contributed by atoms with van der Waals surface area (Å²) in [6.45, 7) is 0.0630. The second-order valence-corrected chi connectivity index (χ2v) is 4.49. The number of halogens is 1. The van der Waals surface area contributed by atoms with Crippen molar-refractivity contribution in [2.75, 3.05) is 12.3 Å². The summed E-state index contributed by atoms with van der Waals surface area (Å²) in [7, 11) is 0. The number of nitrogens with two attached hydrogens (primary N) is 1. The molecular formula is C11H13BrN2O4. The Kier molecular flexibility index (Phi) is 5.11. The van der Waals surface area contributed by atoms with E-state index in [1.807, 2.05) is 0 Å². The Morgan fingerprint density at radius 2 is 2.11 bits per heavy atom. The number of hydrogen-bond acceptors (Lipinski definition) is 4. The zero-order chi connectivity index (χ0) is 13.7. The molecule has 1 aromatic rings. The summed E-state index contributed by atoms with van der Waals surface area (Å²) in [5.41, 5.74) is 6.38. The molecule has 1 amide bonds. The van der Waals surface area contributed by atoms with Crippen LogP contribution in [0.4, 0.5) is 5.69 Å². The average Bonchev–Trinajstić information content (AvgIpc) is 2.31. The van der Waals surface area contributed by atoms with Gasteiger partial charge in [-0.2, -0.15) is 0 Å². The van der Waals surface area contributed by atoms with Crippen LogP contribution < -0.4 is 11.1 Å². The van der Waals surface area contributed by atoms with Crippen molar-refractivity contribution in [3.05, 3.63) is 28.2 Å². The van der Waals surface area contributed by atoms with E-state index in [1.165, 1.54) is 6.07 Å². The third-order valence-corrected chi connectivity index (χ3v) is 2.91. The highest BCUT2D eigenvalue weighted by Crippen LogP contribution is 2.19. The van der Waals surface area contributed by atoms with Gasteiger partial charge in [0.1, 0.15) is 0 Å². The van der Waals surface area contributed by atoms with Gasteiger partial charge in [0.25, 0.3) is 5.91 Å². The Morgan fingerprint density at radius 1 is 1.44 bits per heavy atom. The first-order valence-corrected chi connectivity index (χ1v) is 5.95. The maximum Gasteiger partial charge on any atom is 0.332 e. The Bertz CT molecular complexity index is 464. The number of aliphatic carboxylic acids is 1. The third kappa shape index (κ3) is 4.01. The highest BCUT2D eigenvalue weighted by atomic mass is 79.9. The minimum absolute atomic E-state index is 0.0546. The number of carboxylic acid groups (broad SMARTS) is 1. The molecule has 0 bridgehead atoms. The van der Waals surface area contributed by atoms with E-state index in [-0.39, 0.29) is 18.9 Å². The van der Waals surface area contributed by atoms with Gasteiger partial charge in [0, 0.05) is 23.1 Å². The van der Waals surface area contributed by atoms with E-state index < -0.39 is 12.1 Å². The number of rotatable bonds is 5. The summed E-state index contributed by atoms with van der Waals surface area (Å²) in [5, 5.41) is 20.0. The number of nitrogens with one attached hydrogen (secondary N) is 1. The molecule has 0 fully saturated rings. The molecule has 5 N–H and O–H groups in total. The molecule has 98 valence electrons. The maximum atomic E-state index is 11.7. The van der Waals surface area contributed by atoms with E-state index in [1.54, 1.807) is 12.1 Å². The summed E-state index contributed by atoms with van der Waals surface area (Å²) in [6, 6.07) is 4.80. The van der Waals surface area contributed by atoms with Gasteiger partial charge in [0.15, 0.2) is 6.10 Å². The van der Waals surface area contributed by atoms with Gasteiger partial charge in [-0.25, -0.2) is 4.79 Å². The molecule has 7 heteroatoms. The highest BCUT2D eigenvalue weighted by Gasteiger charge is 2.14. The molecular weight excluding hydrogens is 304 g/mol. The van der Waals surface area contributed by atoms with Crippen LogP contribution in [-0.4, -0.2) is 34.7 Å². The quantitative estimate of drug-likeness (QED) is 0.594. The number of aliphatic hydroxyl groups excluding tert-OH is 1. The molecule has 0 unspecified atom stereocenters. The van der Waals surface area contributed by atoms with Gasteiger partial charge in [0.2, 0.25) is 0 Å². The van der Waals surface area contributed by atoms with Crippen molar-refractivity contribution < 1.29 is 19.8 Å². The van der Waals surface area contributed by atoms with E-state index in [2.05, 4.69) is 21.2 Å². The minimum Gasteiger partial charge on any atom is -0.479 e. The average molecular weight is 317 g/mol. The molecule has 0 saturated carbocycles. The van der Waals surface area contributed by atoms with Crippen molar-refractivity contribution in [1.82, 2.24) is 5.32 Å². The Balaban J connectivity index is 2.55. The van der Waals surface area contributed by atoms with E-state index in [4.69, 9.17) is 15.9 Å². The summed E-state index contributed by atoms with van der Waals surface area (Å²) >= 11 is 3.22. The largest absolute Gasteiger partial charge is 0.479 e. The monoisotopic (exact) mass is 316 g/mol. The first-order chi connectivity index (χ1) is 8.41. The fraction of sp³-hybridized carbons (Fsp3) is 0.273. The third-order valence-electron chi connectivity index (χ3n) is 2.22. The predicted octanol–water partition coefficient (Wildman–Crippen LogP) is 0.597. The van der Waals surface area contributed by atoms with Gasteiger partial charge in [-0.3, -0.25) is 4.79 Å². The Labute approximate surface area is 112 Å². The normalized spacial score (nSPS) is 11.9. The number of benzene rings is 1. The van der Waals surface area contributed by atoms with Crippen LogP contribution >= 0.6 is 15.9 Å². The van der Waals surface area contributed by atoms with Crippen LogP contribution in [-0.2, 0) is 4.79 Å². The van der Waals surface area contributed by atoms with Crippen LogP contribution in [0.1, 0.15) is 16.8 Å². The number of amides is 1.